The number of hydrogen-bond acceptors (Lipinski definition) is 1. The van der Waals surface area contributed by atoms with Gasteiger partial charge in [0, 0.05) is 12.3 Å². The maximum Gasteiger partial charge on any atom is 0.140 e. The van der Waals surface area contributed by atoms with Crippen LogP contribution >= 0.6 is 23.2 Å². The molecule has 3 heteroatoms. The standard InChI is InChI=1S/C15H20Cl2O/c1-3-5-6-12(4-2)15(18)10-11-7-8-13(16)14(17)9-11/h7-9,12H,3-6,10H2,1-2H3. The van der Waals surface area contributed by atoms with E-state index in [0.717, 1.165) is 31.2 Å². The summed E-state index contributed by atoms with van der Waals surface area (Å²) in [6, 6.07) is 5.41. The first-order valence-electron chi connectivity index (χ1n) is 6.55. The molecule has 0 aliphatic carbocycles. The minimum Gasteiger partial charge on any atom is -0.299 e. The van der Waals surface area contributed by atoms with Crippen molar-refractivity contribution in [3.05, 3.63) is 33.8 Å². The van der Waals surface area contributed by atoms with Crippen molar-refractivity contribution in [3.63, 3.8) is 0 Å². The molecule has 0 radical (unpaired) electrons. The van der Waals surface area contributed by atoms with Crippen LogP contribution in [0.2, 0.25) is 10.0 Å². The molecule has 1 nitrogen and oxygen atoms in total. The van der Waals surface area contributed by atoms with Gasteiger partial charge in [0.2, 0.25) is 0 Å². The number of rotatable bonds is 7. The van der Waals surface area contributed by atoms with Crippen LogP contribution in [0.4, 0.5) is 0 Å². The second-order valence-corrected chi connectivity index (χ2v) is 5.45. The van der Waals surface area contributed by atoms with E-state index in [-0.39, 0.29) is 5.92 Å². The van der Waals surface area contributed by atoms with Gasteiger partial charge in [0.25, 0.3) is 0 Å². The first-order valence-corrected chi connectivity index (χ1v) is 7.30. The molecule has 0 fully saturated rings. The van der Waals surface area contributed by atoms with E-state index in [9.17, 15) is 4.79 Å². The van der Waals surface area contributed by atoms with Gasteiger partial charge in [0.05, 0.1) is 10.0 Å². The van der Waals surface area contributed by atoms with Gasteiger partial charge in [-0.1, -0.05) is 56.0 Å². The SMILES string of the molecule is CCCCC(CC)C(=O)Cc1ccc(Cl)c(Cl)c1. The molecule has 1 aromatic carbocycles. The quantitative estimate of drug-likeness (QED) is 0.663. The second kappa shape index (κ2) is 7.81. The molecule has 0 spiro atoms. The van der Waals surface area contributed by atoms with Crippen LogP contribution < -0.4 is 0 Å². The van der Waals surface area contributed by atoms with E-state index >= 15 is 0 Å². The molecule has 0 saturated carbocycles. The van der Waals surface area contributed by atoms with Gasteiger partial charge >= 0.3 is 0 Å². The van der Waals surface area contributed by atoms with Crippen LogP contribution in [0.15, 0.2) is 18.2 Å². The zero-order chi connectivity index (χ0) is 13.5. The van der Waals surface area contributed by atoms with Crippen molar-refractivity contribution in [1.82, 2.24) is 0 Å². The lowest BCUT2D eigenvalue weighted by Crippen LogP contribution is -2.16. The van der Waals surface area contributed by atoms with Gasteiger partial charge in [-0.15, -0.1) is 0 Å². The fraction of sp³-hybridized carbons (Fsp3) is 0.533. The molecule has 1 unspecified atom stereocenters. The summed E-state index contributed by atoms with van der Waals surface area (Å²) >= 11 is 11.8. The largest absolute Gasteiger partial charge is 0.299 e. The fourth-order valence-electron chi connectivity index (χ4n) is 2.04. The Balaban J connectivity index is 2.64. The molecule has 1 atom stereocenters. The Labute approximate surface area is 119 Å². The maximum atomic E-state index is 12.2. The van der Waals surface area contributed by atoms with Crippen LogP contribution in [0.25, 0.3) is 0 Å². The third-order valence-electron chi connectivity index (χ3n) is 3.22. The smallest absolute Gasteiger partial charge is 0.140 e. The lowest BCUT2D eigenvalue weighted by molar-refractivity contribution is -0.122. The van der Waals surface area contributed by atoms with E-state index in [1.54, 1.807) is 12.1 Å². The second-order valence-electron chi connectivity index (χ2n) is 4.64. The average Bonchev–Trinajstić information content (AvgIpc) is 2.35. The van der Waals surface area contributed by atoms with Crippen LogP contribution in [0.5, 0.6) is 0 Å². The van der Waals surface area contributed by atoms with Crippen molar-refractivity contribution >= 4 is 29.0 Å². The Bertz CT molecular complexity index is 401. The normalized spacial score (nSPS) is 12.4. The van der Waals surface area contributed by atoms with Crippen LogP contribution in [-0.2, 0) is 11.2 Å². The maximum absolute atomic E-state index is 12.2. The Morgan fingerprint density at radius 2 is 1.94 bits per heavy atom. The minimum absolute atomic E-state index is 0.180. The molecule has 0 bridgehead atoms. The summed E-state index contributed by atoms with van der Waals surface area (Å²) in [5, 5.41) is 1.05. The van der Waals surface area contributed by atoms with Gasteiger partial charge in [0.1, 0.15) is 5.78 Å². The van der Waals surface area contributed by atoms with Crippen LogP contribution in [-0.4, -0.2) is 5.78 Å². The Morgan fingerprint density at radius 3 is 2.50 bits per heavy atom. The molecule has 100 valence electrons. The lowest BCUT2D eigenvalue weighted by atomic mass is 9.91. The van der Waals surface area contributed by atoms with Crippen LogP contribution in [0.1, 0.15) is 45.1 Å². The number of Topliss-reactive ketones (excluding diaryl/α,β-unsaturated/α-hetero) is 1. The molecule has 0 heterocycles. The Hall–Kier alpha value is -0.530. The molecular weight excluding hydrogens is 267 g/mol. The van der Waals surface area contributed by atoms with Crippen LogP contribution in [0.3, 0.4) is 0 Å². The van der Waals surface area contributed by atoms with Crippen molar-refractivity contribution in [2.45, 2.75) is 46.0 Å². The predicted molar refractivity (Wildman–Crippen MR) is 78.5 cm³/mol. The van der Waals surface area contributed by atoms with Crippen molar-refractivity contribution in [3.8, 4) is 0 Å². The molecular formula is C15H20Cl2O. The number of benzene rings is 1. The third-order valence-corrected chi connectivity index (χ3v) is 3.96. The summed E-state index contributed by atoms with van der Waals surface area (Å²) in [6.07, 6.45) is 4.62. The van der Waals surface area contributed by atoms with Crippen molar-refractivity contribution < 1.29 is 4.79 Å². The molecule has 1 rings (SSSR count). The van der Waals surface area contributed by atoms with Gasteiger partial charge in [-0.3, -0.25) is 4.79 Å². The molecule has 0 aliphatic heterocycles. The predicted octanol–water partition coefficient (Wildman–Crippen LogP) is 5.32. The number of carbonyl (C=O) groups is 1. The lowest BCUT2D eigenvalue weighted by Gasteiger charge is -2.13. The molecule has 18 heavy (non-hydrogen) atoms. The van der Waals surface area contributed by atoms with Crippen molar-refractivity contribution in [2.75, 3.05) is 0 Å². The van der Waals surface area contributed by atoms with E-state index in [0.29, 0.717) is 22.2 Å². The third kappa shape index (κ3) is 4.62. The number of unbranched alkanes of at least 4 members (excludes halogenated alkanes) is 1. The van der Waals surface area contributed by atoms with Gasteiger partial charge < -0.3 is 0 Å². The van der Waals surface area contributed by atoms with Gasteiger partial charge in [-0.2, -0.15) is 0 Å². The number of carbonyl (C=O) groups excluding carboxylic acids is 1. The molecule has 0 N–H and O–H groups in total. The highest BCUT2D eigenvalue weighted by molar-refractivity contribution is 6.42. The number of ketones is 1. The summed E-state index contributed by atoms with van der Waals surface area (Å²) in [5.41, 5.74) is 0.948. The van der Waals surface area contributed by atoms with E-state index in [1.165, 1.54) is 0 Å². The number of halogens is 2. The minimum atomic E-state index is 0.180. The van der Waals surface area contributed by atoms with Gasteiger partial charge in [-0.25, -0.2) is 0 Å². The fourth-order valence-corrected chi connectivity index (χ4v) is 2.36. The summed E-state index contributed by atoms with van der Waals surface area (Å²) in [7, 11) is 0. The zero-order valence-electron chi connectivity index (χ0n) is 11.0. The highest BCUT2D eigenvalue weighted by Gasteiger charge is 2.16. The highest BCUT2D eigenvalue weighted by atomic mass is 35.5. The summed E-state index contributed by atoms with van der Waals surface area (Å²) in [5.74, 6) is 0.490. The van der Waals surface area contributed by atoms with Crippen molar-refractivity contribution in [2.24, 2.45) is 5.92 Å². The first kappa shape index (κ1) is 15.5. The van der Waals surface area contributed by atoms with E-state index < -0.39 is 0 Å². The zero-order valence-corrected chi connectivity index (χ0v) is 12.5. The molecule has 0 saturated heterocycles. The molecule has 0 aliphatic rings. The van der Waals surface area contributed by atoms with Gasteiger partial charge in [-0.05, 0) is 30.5 Å². The highest BCUT2D eigenvalue weighted by Crippen LogP contribution is 2.24. The van der Waals surface area contributed by atoms with Crippen molar-refractivity contribution in [1.29, 1.82) is 0 Å². The van der Waals surface area contributed by atoms with Gasteiger partial charge in [0.15, 0.2) is 0 Å². The number of hydrogen-bond donors (Lipinski definition) is 0. The first-order chi connectivity index (χ1) is 8.58. The summed E-state index contributed by atoms with van der Waals surface area (Å²) in [6.45, 7) is 4.23. The van der Waals surface area contributed by atoms with Crippen LogP contribution in [0, 0.1) is 5.92 Å². The monoisotopic (exact) mass is 286 g/mol. The average molecular weight is 287 g/mol. The van der Waals surface area contributed by atoms with E-state index in [2.05, 4.69) is 13.8 Å². The Morgan fingerprint density at radius 1 is 1.22 bits per heavy atom. The summed E-state index contributed by atoms with van der Waals surface area (Å²) < 4.78 is 0. The molecule has 0 amide bonds. The topological polar surface area (TPSA) is 17.1 Å². The summed E-state index contributed by atoms with van der Waals surface area (Å²) in [4.78, 5) is 12.2. The Kier molecular flexibility index (Phi) is 6.73. The van der Waals surface area contributed by atoms with E-state index in [4.69, 9.17) is 23.2 Å². The molecule has 1 aromatic rings. The van der Waals surface area contributed by atoms with E-state index in [1.807, 2.05) is 6.07 Å². The molecule has 0 aromatic heterocycles.